The van der Waals surface area contributed by atoms with Crippen LogP contribution in [0.1, 0.15) is 0 Å². The van der Waals surface area contributed by atoms with Crippen LogP contribution in [0, 0.1) is 0 Å². The molecule has 6 heteroatoms. The third-order valence-corrected chi connectivity index (χ3v) is 0. The molecule has 6 heavy (non-hydrogen) atoms. The first kappa shape index (κ1) is 9.89. The van der Waals surface area contributed by atoms with Gasteiger partial charge in [0.05, 0.1) is 0 Å². The van der Waals surface area contributed by atoms with Crippen molar-refractivity contribution in [1.82, 2.24) is 0 Å². The maximum atomic E-state index is 9.83. The average Bonchev–Trinajstić information content (AvgIpc) is 0.722. The van der Waals surface area contributed by atoms with Gasteiger partial charge in [0.1, 0.15) is 0 Å². The van der Waals surface area contributed by atoms with Crippen molar-refractivity contribution in [2.24, 2.45) is 0 Å². The second kappa shape index (κ2) is 2.85. The van der Waals surface area contributed by atoms with Crippen molar-refractivity contribution in [2.75, 3.05) is 0 Å². The van der Waals surface area contributed by atoms with E-state index >= 15 is 0 Å². The van der Waals surface area contributed by atoms with Crippen molar-refractivity contribution in [3.8, 4) is 0 Å². The summed E-state index contributed by atoms with van der Waals surface area (Å²) in [5, 5.41) is 0. The Morgan fingerprint density at radius 3 is 0.833 bits per heavy atom. The molecule has 0 aromatic rings. The van der Waals surface area contributed by atoms with Gasteiger partial charge in [-0.3, -0.25) is 0 Å². The minimum Gasteiger partial charge on any atom is 1.00 e. The van der Waals surface area contributed by atoms with E-state index in [1.165, 1.54) is 0 Å². The van der Waals surface area contributed by atoms with Crippen LogP contribution < -0.4 is 18.9 Å². The van der Waals surface area contributed by atoms with E-state index in [9.17, 15) is 16.8 Å². The van der Waals surface area contributed by atoms with Crippen molar-refractivity contribution in [3.05, 3.63) is 0 Å². The van der Waals surface area contributed by atoms with Crippen LogP contribution >= 0.6 is 8.51 Å². The standard InChI is InChI=1S/F4HP.Li/c1-5(2,3)4;/h5H;/q-1;+1. The molecule has 0 aromatic carbocycles. The first-order valence-electron chi connectivity index (χ1n) is 0.756. The topological polar surface area (TPSA) is 0 Å². The molecule has 0 saturated heterocycles. The van der Waals surface area contributed by atoms with Crippen molar-refractivity contribution in [3.63, 3.8) is 0 Å². The fraction of sp³-hybridized carbons (Fsp3) is 0. The Bertz CT molecular complexity index is 23.0. The summed E-state index contributed by atoms with van der Waals surface area (Å²) in [7, 11) is -6.61. The summed E-state index contributed by atoms with van der Waals surface area (Å²) < 4.78 is 39.3. The SMILES string of the molecule is F[PH-](F)(F)F.[Li+]. The van der Waals surface area contributed by atoms with E-state index in [2.05, 4.69) is 0 Å². The molecule has 0 fully saturated rings. The molecular formula is HF4LiP. The molecule has 0 radical (unpaired) electrons. The molecular weight excluding hydrogens is 114 g/mol. The Hall–Kier alpha value is 0.747. The smallest absolute Gasteiger partial charge is 1.00 e. The molecule has 35 valence electrons. The van der Waals surface area contributed by atoms with Gasteiger partial charge < -0.3 is 0 Å². The Kier molecular flexibility index (Phi) is 4.69. The monoisotopic (exact) mass is 115 g/mol. The maximum Gasteiger partial charge on any atom is 1.00 e. The van der Waals surface area contributed by atoms with E-state index in [-0.39, 0.29) is 18.9 Å². The Morgan fingerprint density at radius 1 is 0.833 bits per heavy atom. The first-order chi connectivity index (χ1) is 2.00. The summed E-state index contributed by atoms with van der Waals surface area (Å²) in [5.74, 6) is 0. The predicted octanol–water partition coefficient (Wildman–Crippen LogP) is -0.722. The Labute approximate surface area is 44.9 Å². The Morgan fingerprint density at radius 2 is 0.833 bits per heavy atom. The number of halogens is 4. The van der Waals surface area contributed by atoms with Gasteiger partial charge in [-0.15, -0.1) is 0 Å². The van der Waals surface area contributed by atoms with Gasteiger partial charge in [0, 0.05) is 0 Å². The van der Waals surface area contributed by atoms with E-state index in [0.717, 1.165) is 0 Å². The van der Waals surface area contributed by atoms with Crippen LogP contribution in [0.5, 0.6) is 0 Å². The summed E-state index contributed by atoms with van der Waals surface area (Å²) in [4.78, 5) is 0. The van der Waals surface area contributed by atoms with Gasteiger partial charge in [-0.2, -0.15) is 0 Å². The molecule has 0 aliphatic heterocycles. The number of hydrogen-bond acceptors (Lipinski definition) is 0. The summed E-state index contributed by atoms with van der Waals surface area (Å²) in [5.41, 5.74) is 0. The van der Waals surface area contributed by atoms with Crippen molar-refractivity contribution < 1.29 is 35.6 Å². The molecule has 0 rings (SSSR count). The molecule has 0 nitrogen and oxygen atoms in total. The summed E-state index contributed by atoms with van der Waals surface area (Å²) >= 11 is 0. The van der Waals surface area contributed by atoms with E-state index in [1.807, 2.05) is 0 Å². The molecule has 0 bridgehead atoms. The fourth-order valence-electron chi connectivity index (χ4n) is 0. The molecule has 0 aromatic heterocycles. The van der Waals surface area contributed by atoms with Gasteiger partial charge >= 0.3 is 44.2 Å². The molecule has 0 atom stereocenters. The van der Waals surface area contributed by atoms with Crippen LogP contribution in [0.25, 0.3) is 0 Å². The zero-order valence-corrected chi connectivity index (χ0v) is 4.01. The van der Waals surface area contributed by atoms with Crippen molar-refractivity contribution >= 4 is 8.51 Å². The van der Waals surface area contributed by atoms with Crippen molar-refractivity contribution in [2.45, 2.75) is 0 Å². The van der Waals surface area contributed by atoms with Crippen LogP contribution in [0.3, 0.4) is 0 Å². The van der Waals surface area contributed by atoms with Gasteiger partial charge in [-0.05, 0) is 0 Å². The van der Waals surface area contributed by atoms with Gasteiger partial charge in [0.15, 0.2) is 0 Å². The zero-order chi connectivity index (χ0) is 4.50. The van der Waals surface area contributed by atoms with Crippen LogP contribution in [-0.2, 0) is 0 Å². The largest absolute Gasteiger partial charge is 1.00 e. The summed E-state index contributed by atoms with van der Waals surface area (Å²) in [6.45, 7) is 0. The third-order valence-electron chi connectivity index (χ3n) is 0. The second-order valence-corrected chi connectivity index (χ2v) is 1.29. The molecule has 0 amide bonds. The zero-order valence-electron chi connectivity index (χ0n) is 3.01. The fourth-order valence-corrected chi connectivity index (χ4v) is 0. The number of hydrogen-bond donors (Lipinski definition) is 0. The van der Waals surface area contributed by atoms with E-state index in [1.54, 1.807) is 0 Å². The van der Waals surface area contributed by atoms with E-state index in [0.29, 0.717) is 0 Å². The van der Waals surface area contributed by atoms with Gasteiger partial charge in [-0.1, -0.05) is 0 Å². The molecule has 0 spiro atoms. The average molecular weight is 115 g/mol. The summed E-state index contributed by atoms with van der Waals surface area (Å²) in [6.07, 6.45) is 0. The van der Waals surface area contributed by atoms with Gasteiger partial charge in [0.25, 0.3) is 0 Å². The second-order valence-electron chi connectivity index (χ2n) is 0.429. The van der Waals surface area contributed by atoms with Gasteiger partial charge in [-0.25, -0.2) is 0 Å². The van der Waals surface area contributed by atoms with E-state index < -0.39 is 8.51 Å². The van der Waals surface area contributed by atoms with Crippen LogP contribution in [-0.4, -0.2) is 0 Å². The number of rotatable bonds is 0. The maximum absolute atomic E-state index is 9.83. The molecule has 0 saturated carbocycles. The molecule has 0 aliphatic carbocycles. The first-order valence-corrected chi connectivity index (χ1v) is 2.27. The summed E-state index contributed by atoms with van der Waals surface area (Å²) in [6, 6.07) is 0. The Balaban J connectivity index is 0. The minimum absolute atomic E-state index is 0. The molecule has 0 aliphatic rings. The van der Waals surface area contributed by atoms with Crippen LogP contribution in [0.15, 0.2) is 0 Å². The van der Waals surface area contributed by atoms with E-state index in [4.69, 9.17) is 0 Å². The van der Waals surface area contributed by atoms with Crippen LogP contribution in [0.2, 0.25) is 0 Å². The minimum atomic E-state index is -6.61. The predicted molar refractivity (Wildman–Crippen MR) is 12.7 cm³/mol. The quantitative estimate of drug-likeness (QED) is 0.222. The normalized spacial score (nSPS) is 12.7. The molecule has 0 unspecified atom stereocenters. The van der Waals surface area contributed by atoms with Crippen LogP contribution in [0.4, 0.5) is 16.8 Å². The van der Waals surface area contributed by atoms with Crippen molar-refractivity contribution in [1.29, 1.82) is 0 Å². The molecule has 0 N–H and O–H groups in total. The molecule has 0 heterocycles. The third kappa shape index (κ3) is 119. The van der Waals surface area contributed by atoms with Gasteiger partial charge in [0.2, 0.25) is 0 Å².